The van der Waals surface area contributed by atoms with Crippen LogP contribution in [0.4, 0.5) is 0 Å². The molecule has 4 nitrogen and oxygen atoms in total. The molecule has 3 N–H and O–H groups in total. The van der Waals surface area contributed by atoms with Crippen molar-refractivity contribution in [2.45, 2.75) is 19.9 Å². The van der Waals surface area contributed by atoms with Crippen LogP contribution in [0.1, 0.15) is 17.8 Å². The average Bonchev–Trinajstić information content (AvgIpc) is 2.75. The molecule has 0 radical (unpaired) electrons. The smallest absolute Gasteiger partial charge is 0.194 e. The Labute approximate surface area is 93.1 Å². The van der Waals surface area contributed by atoms with E-state index >= 15 is 0 Å². The maximum absolute atomic E-state index is 5.44. The van der Waals surface area contributed by atoms with E-state index in [1.807, 2.05) is 0 Å². The summed E-state index contributed by atoms with van der Waals surface area (Å²) in [7, 11) is 0. The molecule has 0 amide bonds. The molecule has 0 atom stereocenters. The first-order valence-electron chi connectivity index (χ1n) is 5.14. The fourth-order valence-corrected chi connectivity index (χ4v) is 2.37. The molecule has 0 aliphatic carbocycles. The van der Waals surface area contributed by atoms with E-state index in [1.54, 1.807) is 11.3 Å². The van der Waals surface area contributed by atoms with Crippen LogP contribution in [0.5, 0.6) is 0 Å². The van der Waals surface area contributed by atoms with E-state index in [-0.39, 0.29) is 0 Å². The van der Waals surface area contributed by atoms with Gasteiger partial charge in [0.2, 0.25) is 0 Å². The first-order valence-corrected chi connectivity index (χ1v) is 6.02. The molecule has 0 bridgehead atoms. The fraction of sp³-hybridized carbons (Fsp3) is 0.500. The molecule has 2 rings (SSSR count). The van der Waals surface area contributed by atoms with Crippen molar-refractivity contribution in [2.24, 2.45) is 5.73 Å². The van der Waals surface area contributed by atoms with Gasteiger partial charge in [-0.2, -0.15) is 0 Å². The van der Waals surface area contributed by atoms with Crippen LogP contribution in [-0.2, 0) is 6.54 Å². The number of nitrogens with one attached hydrogen (secondary N) is 1. The second-order valence-electron chi connectivity index (χ2n) is 3.52. The van der Waals surface area contributed by atoms with Crippen LogP contribution in [0.25, 0.3) is 4.96 Å². The van der Waals surface area contributed by atoms with E-state index in [0.717, 1.165) is 36.7 Å². The number of fused-ring (bicyclic) bond motifs is 1. The van der Waals surface area contributed by atoms with Gasteiger partial charge in [0.25, 0.3) is 0 Å². The summed E-state index contributed by atoms with van der Waals surface area (Å²) in [6.07, 6.45) is 3.09. The summed E-state index contributed by atoms with van der Waals surface area (Å²) >= 11 is 1.67. The van der Waals surface area contributed by atoms with Crippen molar-refractivity contribution < 1.29 is 0 Å². The average molecular weight is 224 g/mol. The third-order valence-corrected chi connectivity index (χ3v) is 3.17. The van der Waals surface area contributed by atoms with E-state index in [2.05, 4.69) is 33.2 Å². The van der Waals surface area contributed by atoms with E-state index in [1.165, 1.54) is 5.69 Å². The van der Waals surface area contributed by atoms with E-state index < -0.39 is 0 Å². The largest absolute Gasteiger partial charge is 0.330 e. The molecule has 0 aliphatic heterocycles. The highest BCUT2D eigenvalue weighted by molar-refractivity contribution is 7.15. The summed E-state index contributed by atoms with van der Waals surface area (Å²) < 4.78 is 2.15. The summed E-state index contributed by atoms with van der Waals surface area (Å²) in [5, 5.41) is 5.44. The standard InChI is InChI=1S/C10H16N4S/c1-8-9(7-12-4-2-3-11)14-5-6-15-10(14)13-8/h5-6,12H,2-4,7,11H2,1H3. The second kappa shape index (κ2) is 4.74. The van der Waals surface area contributed by atoms with Gasteiger partial charge in [0, 0.05) is 18.1 Å². The van der Waals surface area contributed by atoms with Crippen LogP contribution in [0, 0.1) is 6.92 Å². The van der Waals surface area contributed by atoms with E-state index in [9.17, 15) is 0 Å². The first-order chi connectivity index (χ1) is 7.33. The maximum atomic E-state index is 5.44. The molecule has 82 valence electrons. The highest BCUT2D eigenvalue weighted by Gasteiger charge is 2.08. The SMILES string of the molecule is Cc1nc2sccn2c1CNCCCN. The Bertz CT molecular complexity index is 431. The molecule has 5 heteroatoms. The van der Waals surface area contributed by atoms with Crippen LogP contribution in [-0.4, -0.2) is 22.5 Å². The number of nitrogens with two attached hydrogens (primary N) is 1. The Hall–Kier alpha value is -0.910. The van der Waals surface area contributed by atoms with Crippen molar-refractivity contribution in [3.63, 3.8) is 0 Å². The molecule has 0 saturated heterocycles. The number of nitrogens with zero attached hydrogens (tertiary/aromatic N) is 2. The molecular weight excluding hydrogens is 208 g/mol. The van der Waals surface area contributed by atoms with Crippen LogP contribution < -0.4 is 11.1 Å². The maximum Gasteiger partial charge on any atom is 0.194 e. The number of hydrogen-bond donors (Lipinski definition) is 2. The van der Waals surface area contributed by atoms with E-state index in [4.69, 9.17) is 5.73 Å². The van der Waals surface area contributed by atoms with Gasteiger partial charge in [-0.3, -0.25) is 4.40 Å². The summed E-state index contributed by atoms with van der Waals surface area (Å²) in [6.45, 7) is 4.63. The van der Waals surface area contributed by atoms with Crippen molar-refractivity contribution in [3.8, 4) is 0 Å². The molecule has 0 fully saturated rings. The Morgan fingerprint density at radius 3 is 3.27 bits per heavy atom. The molecule has 0 saturated carbocycles. The molecular formula is C10H16N4S. The summed E-state index contributed by atoms with van der Waals surface area (Å²) in [5.41, 5.74) is 7.80. The van der Waals surface area contributed by atoms with Gasteiger partial charge < -0.3 is 11.1 Å². The van der Waals surface area contributed by atoms with Gasteiger partial charge in [-0.25, -0.2) is 4.98 Å². The quantitative estimate of drug-likeness (QED) is 0.749. The minimum atomic E-state index is 0.742. The zero-order valence-corrected chi connectivity index (χ0v) is 9.68. The normalized spacial score (nSPS) is 11.3. The lowest BCUT2D eigenvalue weighted by atomic mass is 10.3. The van der Waals surface area contributed by atoms with Gasteiger partial charge in [-0.05, 0) is 26.4 Å². The number of aryl methyl sites for hydroxylation is 1. The highest BCUT2D eigenvalue weighted by Crippen LogP contribution is 2.16. The summed E-state index contributed by atoms with van der Waals surface area (Å²) in [6, 6.07) is 0. The number of aromatic nitrogens is 2. The van der Waals surface area contributed by atoms with Gasteiger partial charge in [0.1, 0.15) is 0 Å². The predicted octanol–water partition coefficient (Wildman–Crippen LogP) is 1.14. The van der Waals surface area contributed by atoms with Crippen LogP contribution in [0.2, 0.25) is 0 Å². The van der Waals surface area contributed by atoms with Crippen LogP contribution in [0.3, 0.4) is 0 Å². The number of hydrogen-bond acceptors (Lipinski definition) is 4. The third-order valence-electron chi connectivity index (χ3n) is 2.41. The molecule has 2 aromatic heterocycles. The molecule has 0 aromatic carbocycles. The molecule has 2 heterocycles. The van der Waals surface area contributed by atoms with Crippen molar-refractivity contribution in [1.29, 1.82) is 0 Å². The topological polar surface area (TPSA) is 55.3 Å². The van der Waals surface area contributed by atoms with Gasteiger partial charge in [0.05, 0.1) is 11.4 Å². The van der Waals surface area contributed by atoms with Crippen molar-refractivity contribution in [3.05, 3.63) is 23.0 Å². The minimum Gasteiger partial charge on any atom is -0.330 e. The Balaban J connectivity index is 2.05. The summed E-state index contributed by atoms with van der Waals surface area (Å²) in [5.74, 6) is 0. The van der Waals surface area contributed by atoms with Crippen LogP contribution >= 0.6 is 11.3 Å². The van der Waals surface area contributed by atoms with Crippen LogP contribution in [0.15, 0.2) is 11.6 Å². The lowest BCUT2D eigenvalue weighted by Crippen LogP contribution is -2.19. The van der Waals surface area contributed by atoms with Crippen molar-refractivity contribution in [2.75, 3.05) is 13.1 Å². The lowest BCUT2D eigenvalue weighted by molar-refractivity contribution is 0.641. The molecule has 0 spiro atoms. The zero-order chi connectivity index (χ0) is 10.7. The summed E-state index contributed by atoms with van der Waals surface area (Å²) in [4.78, 5) is 5.56. The lowest BCUT2D eigenvalue weighted by Gasteiger charge is -2.03. The Morgan fingerprint density at radius 2 is 2.47 bits per heavy atom. The third kappa shape index (κ3) is 2.19. The number of imidazole rings is 1. The monoisotopic (exact) mass is 224 g/mol. The fourth-order valence-electron chi connectivity index (χ4n) is 1.59. The Kier molecular flexibility index (Phi) is 3.35. The second-order valence-corrected chi connectivity index (χ2v) is 4.39. The highest BCUT2D eigenvalue weighted by atomic mass is 32.1. The molecule has 15 heavy (non-hydrogen) atoms. The van der Waals surface area contributed by atoms with Crippen molar-refractivity contribution >= 4 is 16.3 Å². The molecule has 0 aliphatic rings. The molecule has 0 unspecified atom stereocenters. The van der Waals surface area contributed by atoms with E-state index in [0.29, 0.717) is 0 Å². The number of thiazole rings is 1. The van der Waals surface area contributed by atoms with Gasteiger partial charge in [0.15, 0.2) is 4.96 Å². The number of rotatable bonds is 5. The Morgan fingerprint density at radius 1 is 1.60 bits per heavy atom. The minimum absolute atomic E-state index is 0.742. The van der Waals surface area contributed by atoms with Gasteiger partial charge in [-0.15, -0.1) is 11.3 Å². The van der Waals surface area contributed by atoms with Gasteiger partial charge >= 0.3 is 0 Å². The van der Waals surface area contributed by atoms with Gasteiger partial charge in [-0.1, -0.05) is 0 Å². The zero-order valence-electron chi connectivity index (χ0n) is 8.86. The predicted molar refractivity (Wildman–Crippen MR) is 63.2 cm³/mol. The molecule has 2 aromatic rings. The first kappa shape index (κ1) is 10.6. The van der Waals surface area contributed by atoms with Crippen molar-refractivity contribution in [1.82, 2.24) is 14.7 Å².